The van der Waals surface area contributed by atoms with E-state index in [1.54, 1.807) is 0 Å². The molecule has 0 aromatic carbocycles. The molecule has 0 saturated carbocycles. The summed E-state index contributed by atoms with van der Waals surface area (Å²) in [5.74, 6) is 0.372. The summed E-state index contributed by atoms with van der Waals surface area (Å²) in [7, 11) is 0. The molecule has 0 unspecified atom stereocenters. The Bertz CT molecular complexity index is 181. The Morgan fingerprint density at radius 3 is 2.64 bits per heavy atom. The van der Waals surface area contributed by atoms with Gasteiger partial charge in [-0.15, -0.1) is 0 Å². The van der Waals surface area contributed by atoms with Crippen LogP contribution in [0.4, 0.5) is 0 Å². The van der Waals surface area contributed by atoms with Crippen molar-refractivity contribution in [1.29, 1.82) is 0 Å². The van der Waals surface area contributed by atoms with E-state index in [9.17, 15) is 4.79 Å². The number of amides is 1. The van der Waals surface area contributed by atoms with Crippen molar-refractivity contribution in [1.82, 2.24) is 4.90 Å². The molecule has 0 spiro atoms. The maximum Gasteiger partial charge on any atom is 0.232 e. The van der Waals surface area contributed by atoms with Crippen LogP contribution in [0.25, 0.3) is 0 Å². The van der Waals surface area contributed by atoms with E-state index in [0.29, 0.717) is 6.61 Å². The van der Waals surface area contributed by atoms with Gasteiger partial charge in [-0.25, -0.2) is 0 Å². The number of aliphatic hydroxyl groups excluding tert-OH is 1. The molecule has 1 aliphatic rings. The van der Waals surface area contributed by atoms with Gasteiger partial charge in [0.1, 0.15) is 0 Å². The fraction of sp³-hybridized carbons (Fsp3) is 0.889. The minimum Gasteiger partial charge on any atom is -0.394 e. The number of likely N-dealkylation sites (tertiary alicyclic amines) is 1. The molecule has 1 heterocycles. The van der Waals surface area contributed by atoms with Crippen molar-refractivity contribution in [2.24, 2.45) is 0 Å². The zero-order chi connectivity index (χ0) is 10.4. The van der Waals surface area contributed by atoms with Gasteiger partial charge < -0.3 is 14.7 Å². The topological polar surface area (TPSA) is 49.8 Å². The van der Waals surface area contributed by atoms with Crippen LogP contribution >= 0.6 is 12.6 Å². The number of rotatable bonds is 4. The van der Waals surface area contributed by atoms with Gasteiger partial charge in [0.15, 0.2) is 0 Å². The number of carbonyl (C=O) groups is 1. The average molecular weight is 219 g/mol. The molecule has 0 aromatic heterocycles. The van der Waals surface area contributed by atoms with Gasteiger partial charge in [-0.05, 0) is 12.8 Å². The van der Waals surface area contributed by atoms with E-state index >= 15 is 0 Å². The first-order chi connectivity index (χ1) is 6.77. The Balaban J connectivity index is 2.20. The summed E-state index contributed by atoms with van der Waals surface area (Å²) in [4.78, 5) is 13.1. The molecule has 1 aliphatic heterocycles. The van der Waals surface area contributed by atoms with E-state index in [2.05, 4.69) is 12.6 Å². The van der Waals surface area contributed by atoms with Gasteiger partial charge >= 0.3 is 0 Å². The molecule has 0 aliphatic carbocycles. The molecule has 1 rings (SSSR count). The highest BCUT2D eigenvalue weighted by Gasteiger charge is 2.21. The average Bonchev–Trinajstić information content (AvgIpc) is 2.26. The quantitative estimate of drug-likeness (QED) is 0.650. The van der Waals surface area contributed by atoms with Gasteiger partial charge in [0.25, 0.3) is 0 Å². The van der Waals surface area contributed by atoms with Crippen LogP contribution in [0.1, 0.15) is 12.8 Å². The highest BCUT2D eigenvalue weighted by atomic mass is 32.1. The number of thiol groups is 1. The maximum atomic E-state index is 11.3. The Labute approximate surface area is 89.6 Å². The lowest BCUT2D eigenvalue weighted by Crippen LogP contribution is -2.41. The normalized spacial score (nSPS) is 18.6. The van der Waals surface area contributed by atoms with Crippen LogP contribution in [0.2, 0.25) is 0 Å². The highest BCUT2D eigenvalue weighted by Crippen LogP contribution is 2.13. The molecular weight excluding hydrogens is 202 g/mol. The van der Waals surface area contributed by atoms with Gasteiger partial charge in [-0.1, -0.05) is 0 Å². The first-order valence-electron chi connectivity index (χ1n) is 4.89. The van der Waals surface area contributed by atoms with Crippen molar-refractivity contribution in [3.8, 4) is 0 Å². The van der Waals surface area contributed by atoms with Gasteiger partial charge in [-0.2, -0.15) is 12.6 Å². The Morgan fingerprint density at radius 2 is 2.14 bits per heavy atom. The third-order valence-corrected chi connectivity index (χ3v) is 2.65. The molecule has 0 atom stereocenters. The van der Waals surface area contributed by atoms with Crippen molar-refractivity contribution in [3.63, 3.8) is 0 Å². The number of piperidine rings is 1. The van der Waals surface area contributed by atoms with Crippen molar-refractivity contribution in [2.45, 2.75) is 18.9 Å². The largest absolute Gasteiger partial charge is 0.394 e. The molecule has 1 saturated heterocycles. The SMILES string of the molecule is O=C(CS)N1CCC(OCCO)CC1. The van der Waals surface area contributed by atoms with E-state index in [1.807, 2.05) is 4.90 Å². The third-order valence-electron chi connectivity index (χ3n) is 2.37. The van der Waals surface area contributed by atoms with Crippen molar-refractivity contribution in [2.75, 3.05) is 32.1 Å². The van der Waals surface area contributed by atoms with E-state index in [1.165, 1.54) is 0 Å². The zero-order valence-electron chi connectivity index (χ0n) is 8.19. The smallest absolute Gasteiger partial charge is 0.232 e. The minimum absolute atomic E-state index is 0.0653. The van der Waals surface area contributed by atoms with Crippen LogP contribution in [0.5, 0.6) is 0 Å². The van der Waals surface area contributed by atoms with Crippen LogP contribution in [0.15, 0.2) is 0 Å². The minimum atomic E-state index is 0.0653. The van der Waals surface area contributed by atoms with E-state index < -0.39 is 0 Å². The summed E-state index contributed by atoms with van der Waals surface area (Å²) < 4.78 is 5.39. The van der Waals surface area contributed by atoms with Gasteiger partial charge in [0.2, 0.25) is 5.91 Å². The molecule has 0 aromatic rings. The molecule has 82 valence electrons. The summed E-state index contributed by atoms with van der Waals surface area (Å²) in [5, 5.41) is 8.58. The summed E-state index contributed by atoms with van der Waals surface area (Å²) in [5.41, 5.74) is 0. The molecule has 1 amide bonds. The van der Waals surface area contributed by atoms with Crippen molar-refractivity contribution in [3.05, 3.63) is 0 Å². The molecule has 0 radical (unpaired) electrons. The van der Waals surface area contributed by atoms with Crippen LogP contribution in [-0.2, 0) is 9.53 Å². The lowest BCUT2D eigenvalue weighted by Gasteiger charge is -2.31. The highest BCUT2D eigenvalue weighted by molar-refractivity contribution is 7.81. The van der Waals surface area contributed by atoms with Gasteiger partial charge in [-0.3, -0.25) is 4.79 Å². The number of hydrogen-bond donors (Lipinski definition) is 2. The number of carbonyl (C=O) groups excluding carboxylic acids is 1. The van der Waals surface area contributed by atoms with E-state index in [0.717, 1.165) is 25.9 Å². The zero-order valence-corrected chi connectivity index (χ0v) is 9.08. The fourth-order valence-corrected chi connectivity index (χ4v) is 1.79. The summed E-state index contributed by atoms with van der Waals surface area (Å²) >= 11 is 3.95. The fourth-order valence-electron chi connectivity index (χ4n) is 1.59. The van der Waals surface area contributed by atoms with Gasteiger partial charge in [0, 0.05) is 13.1 Å². The lowest BCUT2D eigenvalue weighted by atomic mass is 10.1. The molecule has 1 N–H and O–H groups in total. The van der Waals surface area contributed by atoms with Crippen molar-refractivity contribution < 1.29 is 14.6 Å². The second-order valence-electron chi connectivity index (χ2n) is 3.33. The molecule has 14 heavy (non-hydrogen) atoms. The molecule has 5 heteroatoms. The van der Waals surface area contributed by atoms with Crippen LogP contribution < -0.4 is 0 Å². The number of hydrogen-bond acceptors (Lipinski definition) is 4. The van der Waals surface area contributed by atoms with Crippen LogP contribution in [0, 0.1) is 0 Å². The second-order valence-corrected chi connectivity index (χ2v) is 3.65. The predicted octanol–water partition coefficient (Wildman–Crippen LogP) is -0.0839. The third kappa shape index (κ3) is 3.48. The number of ether oxygens (including phenoxy) is 1. The summed E-state index contributed by atoms with van der Waals surface area (Å²) in [6, 6.07) is 0. The van der Waals surface area contributed by atoms with Crippen molar-refractivity contribution >= 4 is 18.5 Å². The molecular formula is C9H17NO3S. The molecule has 4 nitrogen and oxygen atoms in total. The molecule has 1 fully saturated rings. The predicted molar refractivity (Wildman–Crippen MR) is 56.5 cm³/mol. The lowest BCUT2D eigenvalue weighted by molar-refractivity contribution is -0.131. The number of aliphatic hydroxyl groups is 1. The monoisotopic (exact) mass is 219 g/mol. The Morgan fingerprint density at radius 1 is 1.50 bits per heavy atom. The van der Waals surface area contributed by atoms with Gasteiger partial charge in [0.05, 0.1) is 25.1 Å². The first kappa shape index (κ1) is 11.8. The van der Waals surface area contributed by atoms with E-state index in [4.69, 9.17) is 9.84 Å². The van der Waals surface area contributed by atoms with E-state index in [-0.39, 0.29) is 24.4 Å². The second kappa shape index (κ2) is 6.27. The molecule has 0 bridgehead atoms. The number of nitrogens with zero attached hydrogens (tertiary/aromatic N) is 1. The Hall–Kier alpha value is -0.260. The van der Waals surface area contributed by atoms with Crippen LogP contribution in [-0.4, -0.2) is 54.1 Å². The standard InChI is InChI=1S/C9H17NO3S/c11-5-6-13-8-1-3-10(4-2-8)9(12)7-14/h8,11,14H,1-7H2. The first-order valence-corrected chi connectivity index (χ1v) is 5.52. The summed E-state index contributed by atoms with van der Waals surface area (Å²) in [6.07, 6.45) is 1.92. The summed E-state index contributed by atoms with van der Waals surface area (Å²) in [6.45, 7) is 1.95. The Kier molecular flexibility index (Phi) is 5.29. The van der Waals surface area contributed by atoms with Crippen LogP contribution in [0.3, 0.4) is 0 Å². The maximum absolute atomic E-state index is 11.3.